The van der Waals surface area contributed by atoms with Gasteiger partial charge in [-0.1, -0.05) is 6.92 Å². The summed E-state index contributed by atoms with van der Waals surface area (Å²) >= 11 is 0. The molecule has 0 aromatic heterocycles. The summed E-state index contributed by atoms with van der Waals surface area (Å²) in [5, 5.41) is 6.08. The molecule has 1 aliphatic heterocycles. The summed E-state index contributed by atoms with van der Waals surface area (Å²) in [6, 6.07) is 4.29. The highest BCUT2D eigenvalue weighted by Crippen LogP contribution is 2.29. The molecule has 1 saturated heterocycles. The Morgan fingerprint density at radius 3 is 2.27 bits per heavy atom. The van der Waals surface area contributed by atoms with E-state index in [9.17, 15) is 18.0 Å². The van der Waals surface area contributed by atoms with Crippen molar-refractivity contribution in [1.82, 2.24) is 10.6 Å². The highest BCUT2D eigenvalue weighted by Gasteiger charge is 2.30. The molecule has 3 nitrogen and oxygen atoms in total. The maximum Gasteiger partial charge on any atom is 0.416 e. The Morgan fingerprint density at radius 1 is 1.23 bits per heavy atom. The van der Waals surface area contributed by atoms with Crippen LogP contribution in [0.15, 0.2) is 24.3 Å². The fourth-order valence-electron chi connectivity index (χ4n) is 2.41. The number of amides is 1. The molecule has 2 rings (SSSR count). The molecule has 0 radical (unpaired) electrons. The molecule has 0 atom stereocenters. The molecule has 1 aliphatic rings. The zero-order valence-corrected chi connectivity index (χ0v) is 13.1. The van der Waals surface area contributed by atoms with Crippen LogP contribution in [0.1, 0.15) is 35.7 Å². The van der Waals surface area contributed by atoms with Gasteiger partial charge in [0.05, 0.1) is 5.56 Å². The molecule has 1 aromatic carbocycles. The Kier molecular flexibility index (Phi) is 6.26. The highest BCUT2D eigenvalue weighted by molar-refractivity contribution is 5.94. The highest BCUT2D eigenvalue weighted by atomic mass is 35.5. The van der Waals surface area contributed by atoms with E-state index in [1.807, 2.05) is 0 Å². The summed E-state index contributed by atoms with van der Waals surface area (Å²) < 4.78 is 37.4. The van der Waals surface area contributed by atoms with E-state index >= 15 is 0 Å². The molecule has 0 saturated carbocycles. The van der Waals surface area contributed by atoms with Gasteiger partial charge in [-0.25, -0.2) is 0 Å². The van der Waals surface area contributed by atoms with Gasteiger partial charge in [0.15, 0.2) is 0 Å². The summed E-state index contributed by atoms with van der Waals surface area (Å²) in [6.07, 6.45) is -2.43. The van der Waals surface area contributed by atoms with E-state index in [4.69, 9.17) is 0 Å². The minimum Gasteiger partial charge on any atom is -0.351 e. The zero-order chi connectivity index (χ0) is 15.5. The Labute approximate surface area is 134 Å². The maximum atomic E-state index is 12.5. The standard InChI is InChI=1S/C15H19F3N2O.ClH/c1-14(6-8-19-9-7-14)10-20-13(21)11-2-4-12(5-3-11)15(16,17)18;/h2-5,19H,6-10H2,1H3,(H,20,21);1H. The SMILES string of the molecule is CC1(CNC(=O)c2ccc(C(F)(F)F)cc2)CCNCC1.Cl. The second-order valence-corrected chi connectivity index (χ2v) is 5.82. The molecule has 2 N–H and O–H groups in total. The number of carbonyl (C=O) groups excluding carboxylic acids is 1. The molecule has 1 heterocycles. The Morgan fingerprint density at radius 2 is 1.77 bits per heavy atom. The second kappa shape index (κ2) is 7.33. The molecule has 1 amide bonds. The number of carbonyl (C=O) groups is 1. The lowest BCUT2D eigenvalue weighted by molar-refractivity contribution is -0.137. The van der Waals surface area contributed by atoms with E-state index in [0.717, 1.165) is 38.1 Å². The van der Waals surface area contributed by atoms with Crippen LogP contribution >= 0.6 is 12.4 Å². The largest absolute Gasteiger partial charge is 0.416 e. The van der Waals surface area contributed by atoms with Gasteiger partial charge >= 0.3 is 6.18 Å². The molecule has 1 fully saturated rings. The fourth-order valence-corrected chi connectivity index (χ4v) is 2.41. The minimum atomic E-state index is -4.38. The van der Waals surface area contributed by atoms with Crippen molar-refractivity contribution in [3.63, 3.8) is 0 Å². The number of piperidine rings is 1. The first-order valence-electron chi connectivity index (χ1n) is 6.96. The van der Waals surface area contributed by atoms with E-state index < -0.39 is 11.7 Å². The van der Waals surface area contributed by atoms with E-state index in [-0.39, 0.29) is 29.3 Å². The Hall–Kier alpha value is -1.27. The number of benzene rings is 1. The van der Waals surface area contributed by atoms with Gasteiger partial charge in [-0.3, -0.25) is 4.79 Å². The van der Waals surface area contributed by atoms with Crippen LogP contribution < -0.4 is 10.6 Å². The third-order valence-electron chi connectivity index (χ3n) is 3.96. The third-order valence-corrected chi connectivity index (χ3v) is 3.96. The van der Waals surface area contributed by atoms with Crippen molar-refractivity contribution in [2.45, 2.75) is 25.9 Å². The van der Waals surface area contributed by atoms with Crippen LogP contribution in [0.4, 0.5) is 13.2 Å². The Bertz CT molecular complexity index is 497. The van der Waals surface area contributed by atoms with Crippen molar-refractivity contribution >= 4 is 18.3 Å². The van der Waals surface area contributed by atoms with Crippen LogP contribution in [0.3, 0.4) is 0 Å². The number of halogens is 4. The van der Waals surface area contributed by atoms with Gasteiger partial charge in [0.25, 0.3) is 5.91 Å². The van der Waals surface area contributed by atoms with Crippen molar-refractivity contribution in [1.29, 1.82) is 0 Å². The van der Waals surface area contributed by atoms with E-state index in [0.29, 0.717) is 6.54 Å². The van der Waals surface area contributed by atoms with Crippen LogP contribution in [0.25, 0.3) is 0 Å². The Balaban J connectivity index is 0.00000242. The topological polar surface area (TPSA) is 41.1 Å². The predicted octanol–water partition coefficient (Wildman–Crippen LogP) is 3.25. The summed E-state index contributed by atoms with van der Waals surface area (Å²) in [5.74, 6) is -0.330. The first-order valence-corrected chi connectivity index (χ1v) is 6.96. The molecule has 0 unspecified atom stereocenters. The lowest BCUT2D eigenvalue weighted by Gasteiger charge is -2.34. The summed E-state index contributed by atoms with van der Waals surface area (Å²) in [6.45, 7) is 4.49. The number of rotatable bonds is 3. The van der Waals surface area contributed by atoms with Gasteiger partial charge in [-0.05, 0) is 55.6 Å². The first kappa shape index (κ1) is 18.8. The monoisotopic (exact) mass is 336 g/mol. The molecule has 1 aromatic rings. The van der Waals surface area contributed by atoms with E-state index in [1.54, 1.807) is 0 Å². The first-order chi connectivity index (χ1) is 9.80. The molecular weight excluding hydrogens is 317 g/mol. The molecule has 0 spiro atoms. The molecule has 124 valence electrons. The average molecular weight is 337 g/mol. The van der Waals surface area contributed by atoms with Crippen molar-refractivity contribution in [2.75, 3.05) is 19.6 Å². The van der Waals surface area contributed by atoms with Gasteiger partial charge < -0.3 is 10.6 Å². The summed E-state index contributed by atoms with van der Waals surface area (Å²) in [5.41, 5.74) is -0.447. The third kappa shape index (κ3) is 4.88. The molecule has 7 heteroatoms. The van der Waals surface area contributed by atoms with Crippen LogP contribution in [-0.4, -0.2) is 25.5 Å². The normalized spacial score (nSPS) is 17.5. The lowest BCUT2D eigenvalue weighted by Crippen LogP contribution is -2.42. The number of hydrogen-bond acceptors (Lipinski definition) is 2. The number of hydrogen-bond donors (Lipinski definition) is 2. The van der Waals surface area contributed by atoms with Gasteiger partial charge in [0.1, 0.15) is 0 Å². The molecule has 0 bridgehead atoms. The van der Waals surface area contributed by atoms with Crippen LogP contribution in [0.5, 0.6) is 0 Å². The average Bonchev–Trinajstić information content (AvgIpc) is 2.45. The number of alkyl halides is 3. The smallest absolute Gasteiger partial charge is 0.351 e. The fraction of sp³-hybridized carbons (Fsp3) is 0.533. The van der Waals surface area contributed by atoms with Crippen LogP contribution in [0, 0.1) is 5.41 Å². The minimum absolute atomic E-state index is 0. The summed E-state index contributed by atoms with van der Waals surface area (Å²) in [4.78, 5) is 12.0. The van der Waals surface area contributed by atoms with Crippen molar-refractivity contribution in [3.8, 4) is 0 Å². The number of nitrogens with one attached hydrogen (secondary N) is 2. The predicted molar refractivity (Wildman–Crippen MR) is 81.2 cm³/mol. The molecular formula is C15H20ClF3N2O. The van der Waals surface area contributed by atoms with Gasteiger partial charge in [0.2, 0.25) is 0 Å². The molecule has 0 aliphatic carbocycles. The van der Waals surface area contributed by atoms with Crippen molar-refractivity contribution in [3.05, 3.63) is 35.4 Å². The zero-order valence-electron chi connectivity index (χ0n) is 12.3. The van der Waals surface area contributed by atoms with Crippen LogP contribution in [0.2, 0.25) is 0 Å². The van der Waals surface area contributed by atoms with Crippen molar-refractivity contribution in [2.24, 2.45) is 5.41 Å². The maximum absolute atomic E-state index is 12.5. The molecule has 22 heavy (non-hydrogen) atoms. The van der Waals surface area contributed by atoms with Gasteiger partial charge in [0, 0.05) is 12.1 Å². The van der Waals surface area contributed by atoms with Gasteiger partial charge in [-0.2, -0.15) is 13.2 Å². The summed E-state index contributed by atoms with van der Waals surface area (Å²) in [7, 11) is 0. The van der Waals surface area contributed by atoms with Crippen LogP contribution in [-0.2, 0) is 6.18 Å². The lowest BCUT2D eigenvalue weighted by atomic mass is 9.81. The van der Waals surface area contributed by atoms with Crippen molar-refractivity contribution < 1.29 is 18.0 Å². The van der Waals surface area contributed by atoms with E-state index in [1.165, 1.54) is 12.1 Å². The van der Waals surface area contributed by atoms with Gasteiger partial charge in [-0.15, -0.1) is 12.4 Å². The quantitative estimate of drug-likeness (QED) is 0.889. The second-order valence-electron chi connectivity index (χ2n) is 5.82. The van der Waals surface area contributed by atoms with E-state index in [2.05, 4.69) is 17.6 Å².